The maximum Gasteiger partial charge on any atom is 0.338 e. The van der Waals surface area contributed by atoms with Crippen LogP contribution in [0.2, 0.25) is 0 Å². The van der Waals surface area contributed by atoms with Gasteiger partial charge in [0.05, 0.1) is 16.4 Å². The highest BCUT2D eigenvalue weighted by Gasteiger charge is 2.13. The molecule has 0 spiro atoms. The standard InChI is InChI=1S/C13H11FO3S2/c14-12-4-3-10(8-11(12)13(15)16)19(17)7-5-9-2-1-6-18-9/h1-4,6,8H,5,7H2,(H,15,16). The lowest BCUT2D eigenvalue weighted by atomic mass is 10.2. The quantitative estimate of drug-likeness (QED) is 0.923. The van der Waals surface area contributed by atoms with Crippen molar-refractivity contribution in [3.05, 3.63) is 52.0 Å². The first kappa shape index (κ1) is 13.9. The van der Waals surface area contributed by atoms with Gasteiger partial charge in [0.2, 0.25) is 0 Å². The Balaban J connectivity index is 2.11. The Kier molecular flexibility index (Phi) is 4.44. The van der Waals surface area contributed by atoms with Crippen LogP contribution in [0.25, 0.3) is 0 Å². The van der Waals surface area contributed by atoms with Crippen molar-refractivity contribution in [1.82, 2.24) is 0 Å². The summed E-state index contributed by atoms with van der Waals surface area (Å²) in [5, 5.41) is 10.8. The van der Waals surface area contributed by atoms with Gasteiger partial charge >= 0.3 is 5.97 Å². The summed E-state index contributed by atoms with van der Waals surface area (Å²) < 4.78 is 25.2. The van der Waals surface area contributed by atoms with Crippen LogP contribution in [0.4, 0.5) is 4.39 Å². The van der Waals surface area contributed by atoms with E-state index in [9.17, 15) is 13.4 Å². The van der Waals surface area contributed by atoms with Crippen molar-refractivity contribution in [3.8, 4) is 0 Å². The Hall–Kier alpha value is -1.53. The molecule has 0 bridgehead atoms. The lowest BCUT2D eigenvalue weighted by Gasteiger charge is -2.04. The van der Waals surface area contributed by atoms with E-state index in [0.717, 1.165) is 17.0 Å². The minimum atomic E-state index is -1.35. The van der Waals surface area contributed by atoms with Crippen molar-refractivity contribution >= 4 is 28.1 Å². The smallest absolute Gasteiger partial charge is 0.338 e. The molecule has 19 heavy (non-hydrogen) atoms. The average molecular weight is 298 g/mol. The summed E-state index contributed by atoms with van der Waals surface area (Å²) in [4.78, 5) is 12.3. The number of halogens is 1. The number of carboxylic acid groups (broad SMARTS) is 1. The van der Waals surface area contributed by atoms with Crippen LogP contribution in [-0.2, 0) is 17.2 Å². The van der Waals surface area contributed by atoms with Gasteiger partial charge in [-0.05, 0) is 36.1 Å². The number of benzene rings is 1. The number of carbonyl (C=O) groups is 1. The molecule has 0 aliphatic rings. The highest BCUT2D eigenvalue weighted by Crippen LogP contribution is 2.16. The fourth-order valence-electron chi connectivity index (χ4n) is 1.58. The second-order valence-electron chi connectivity index (χ2n) is 3.83. The SMILES string of the molecule is O=C(O)c1cc(S(=O)CCc2cccs2)ccc1F. The van der Waals surface area contributed by atoms with Crippen LogP contribution < -0.4 is 0 Å². The second-order valence-corrected chi connectivity index (χ2v) is 6.43. The molecule has 0 saturated heterocycles. The van der Waals surface area contributed by atoms with Gasteiger partial charge in [-0.25, -0.2) is 9.18 Å². The summed E-state index contributed by atoms with van der Waals surface area (Å²) in [6, 6.07) is 7.43. The molecule has 6 heteroatoms. The van der Waals surface area contributed by atoms with Gasteiger partial charge in [-0.3, -0.25) is 4.21 Å². The molecule has 1 aromatic carbocycles. The Labute approximate surface area is 116 Å². The molecule has 3 nitrogen and oxygen atoms in total. The van der Waals surface area contributed by atoms with Crippen LogP contribution in [0.5, 0.6) is 0 Å². The molecule has 1 aromatic heterocycles. The van der Waals surface area contributed by atoms with Crippen LogP contribution in [-0.4, -0.2) is 21.0 Å². The molecule has 2 aromatic rings. The molecule has 0 aliphatic heterocycles. The van der Waals surface area contributed by atoms with E-state index >= 15 is 0 Å². The van der Waals surface area contributed by atoms with Crippen LogP contribution >= 0.6 is 11.3 Å². The van der Waals surface area contributed by atoms with Crippen molar-refractivity contribution in [2.24, 2.45) is 0 Å². The van der Waals surface area contributed by atoms with E-state index in [0.29, 0.717) is 17.1 Å². The first-order chi connectivity index (χ1) is 9.08. The molecule has 0 fully saturated rings. The number of hydrogen-bond donors (Lipinski definition) is 1. The van der Waals surface area contributed by atoms with Crippen LogP contribution in [0.15, 0.2) is 40.6 Å². The summed E-state index contributed by atoms with van der Waals surface area (Å²) in [5.74, 6) is -1.77. The number of rotatable bonds is 5. The maximum absolute atomic E-state index is 13.2. The molecule has 0 saturated carbocycles. The van der Waals surface area contributed by atoms with E-state index < -0.39 is 28.1 Å². The predicted octanol–water partition coefficient (Wildman–Crippen LogP) is 2.94. The van der Waals surface area contributed by atoms with Gasteiger partial charge in [0, 0.05) is 15.5 Å². The van der Waals surface area contributed by atoms with Gasteiger partial charge in [-0.15, -0.1) is 11.3 Å². The largest absolute Gasteiger partial charge is 0.478 e. The van der Waals surface area contributed by atoms with E-state index in [-0.39, 0.29) is 0 Å². The first-order valence-corrected chi connectivity index (χ1v) is 7.71. The van der Waals surface area contributed by atoms with Gasteiger partial charge in [0.1, 0.15) is 5.82 Å². The number of carboxylic acids is 1. The molecule has 1 atom stereocenters. The summed E-state index contributed by atoms with van der Waals surface area (Å²) in [6.45, 7) is 0. The molecule has 100 valence electrons. The molecule has 1 N–H and O–H groups in total. The summed E-state index contributed by atoms with van der Waals surface area (Å²) >= 11 is 1.58. The number of thiophene rings is 1. The van der Waals surface area contributed by atoms with Gasteiger partial charge < -0.3 is 5.11 Å². The van der Waals surface area contributed by atoms with Crippen molar-refractivity contribution in [3.63, 3.8) is 0 Å². The summed E-state index contributed by atoms with van der Waals surface area (Å²) in [7, 11) is -1.33. The molecule has 1 unspecified atom stereocenters. The Morgan fingerprint density at radius 2 is 2.16 bits per heavy atom. The minimum Gasteiger partial charge on any atom is -0.478 e. The summed E-state index contributed by atoms with van der Waals surface area (Å²) in [6.07, 6.45) is 0.657. The molecular weight excluding hydrogens is 287 g/mol. The third-order valence-corrected chi connectivity index (χ3v) is 4.84. The van der Waals surface area contributed by atoms with Crippen LogP contribution in [0.3, 0.4) is 0 Å². The van der Waals surface area contributed by atoms with Gasteiger partial charge in [-0.2, -0.15) is 0 Å². The fourth-order valence-corrected chi connectivity index (χ4v) is 3.52. The van der Waals surface area contributed by atoms with Crippen LogP contribution in [0, 0.1) is 5.82 Å². The lowest BCUT2D eigenvalue weighted by molar-refractivity contribution is 0.0691. The van der Waals surface area contributed by atoms with Gasteiger partial charge in [0.15, 0.2) is 0 Å². The molecule has 0 amide bonds. The number of aryl methyl sites for hydroxylation is 1. The van der Waals surface area contributed by atoms with Crippen molar-refractivity contribution in [2.45, 2.75) is 11.3 Å². The third kappa shape index (κ3) is 3.48. The minimum absolute atomic E-state index is 0.343. The lowest BCUT2D eigenvalue weighted by Crippen LogP contribution is -2.05. The third-order valence-electron chi connectivity index (χ3n) is 2.55. The normalized spacial score (nSPS) is 12.3. The molecule has 2 rings (SSSR count). The predicted molar refractivity (Wildman–Crippen MR) is 72.7 cm³/mol. The Bertz CT molecular complexity index is 608. The van der Waals surface area contributed by atoms with Crippen LogP contribution in [0.1, 0.15) is 15.2 Å². The highest BCUT2D eigenvalue weighted by molar-refractivity contribution is 7.85. The number of hydrogen-bond acceptors (Lipinski definition) is 3. The zero-order valence-electron chi connectivity index (χ0n) is 9.84. The Morgan fingerprint density at radius 3 is 2.79 bits per heavy atom. The zero-order valence-corrected chi connectivity index (χ0v) is 11.5. The van der Waals surface area contributed by atoms with E-state index in [2.05, 4.69) is 0 Å². The molecule has 0 aliphatic carbocycles. The first-order valence-electron chi connectivity index (χ1n) is 5.51. The molecule has 0 radical (unpaired) electrons. The van der Waals surface area contributed by atoms with E-state index in [1.807, 2.05) is 17.5 Å². The van der Waals surface area contributed by atoms with Crippen molar-refractivity contribution < 1.29 is 18.5 Å². The zero-order chi connectivity index (χ0) is 13.8. The van der Waals surface area contributed by atoms with E-state index in [4.69, 9.17) is 5.11 Å². The van der Waals surface area contributed by atoms with Crippen molar-refractivity contribution in [2.75, 3.05) is 5.75 Å². The van der Waals surface area contributed by atoms with E-state index in [1.54, 1.807) is 11.3 Å². The average Bonchev–Trinajstić information content (AvgIpc) is 2.89. The maximum atomic E-state index is 13.2. The highest BCUT2D eigenvalue weighted by atomic mass is 32.2. The van der Waals surface area contributed by atoms with Gasteiger partial charge in [0.25, 0.3) is 0 Å². The monoisotopic (exact) mass is 298 g/mol. The molecular formula is C13H11FO3S2. The Morgan fingerprint density at radius 1 is 1.37 bits per heavy atom. The topological polar surface area (TPSA) is 54.4 Å². The number of aromatic carboxylic acids is 1. The van der Waals surface area contributed by atoms with Gasteiger partial charge in [-0.1, -0.05) is 6.07 Å². The van der Waals surface area contributed by atoms with Crippen molar-refractivity contribution in [1.29, 1.82) is 0 Å². The fraction of sp³-hybridized carbons (Fsp3) is 0.154. The summed E-state index contributed by atoms with van der Waals surface area (Å²) in [5.41, 5.74) is -0.443. The van der Waals surface area contributed by atoms with E-state index in [1.165, 1.54) is 6.07 Å². The molecule has 1 heterocycles. The second kappa shape index (κ2) is 6.08.